The molecular formula is C19H22ClN3O2. The Hall–Kier alpha value is -2.53. The Morgan fingerprint density at radius 1 is 0.920 bits per heavy atom. The summed E-state index contributed by atoms with van der Waals surface area (Å²) >= 11 is 6.03. The Balaban J connectivity index is 1.97. The number of benzene rings is 2. The maximum Gasteiger partial charge on any atom is 0.243 e. The minimum atomic E-state index is -0.201. The molecule has 0 aliphatic heterocycles. The summed E-state index contributed by atoms with van der Waals surface area (Å²) in [7, 11) is 0. The molecule has 2 aromatic carbocycles. The molecule has 0 bridgehead atoms. The fourth-order valence-electron chi connectivity index (χ4n) is 2.33. The zero-order valence-corrected chi connectivity index (χ0v) is 15.1. The summed E-state index contributed by atoms with van der Waals surface area (Å²) in [6.07, 6.45) is 1.28. The highest BCUT2D eigenvalue weighted by atomic mass is 35.5. The maximum atomic E-state index is 12.1. The molecule has 0 fully saturated rings. The Kier molecular flexibility index (Phi) is 6.83. The van der Waals surface area contributed by atoms with Crippen molar-refractivity contribution in [1.29, 1.82) is 0 Å². The number of amides is 2. The lowest BCUT2D eigenvalue weighted by Crippen LogP contribution is -2.22. The van der Waals surface area contributed by atoms with Crippen LogP contribution in [-0.2, 0) is 9.59 Å². The van der Waals surface area contributed by atoms with Crippen LogP contribution in [0.25, 0.3) is 0 Å². The smallest absolute Gasteiger partial charge is 0.243 e. The van der Waals surface area contributed by atoms with Gasteiger partial charge in [0.2, 0.25) is 11.8 Å². The molecule has 0 aliphatic carbocycles. The highest BCUT2D eigenvalue weighted by molar-refractivity contribution is 6.33. The molecule has 3 N–H and O–H groups in total. The van der Waals surface area contributed by atoms with E-state index in [9.17, 15) is 9.59 Å². The molecule has 0 aromatic heterocycles. The van der Waals surface area contributed by atoms with Crippen LogP contribution >= 0.6 is 11.6 Å². The summed E-state index contributed by atoms with van der Waals surface area (Å²) in [4.78, 5) is 23.9. The van der Waals surface area contributed by atoms with Crippen LogP contribution in [0.1, 0.15) is 25.3 Å². The van der Waals surface area contributed by atoms with Crippen molar-refractivity contribution in [3.8, 4) is 0 Å². The van der Waals surface area contributed by atoms with Gasteiger partial charge in [0.1, 0.15) is 0 Å². The van der Waals surface area contributed by atoms with Crippen LogP contribution in [0.2, 0.25) is 5.02 Å². The van der Waals surface area contributed by atoms with Crippen molar-refractivity contribution < 1.29 is 9.59 Å². The van der Waals surface area contributed by atoms with Gasteiger partial charge in [0.25, 0.3) is 0 Å². The predicted octanol–water partition coefficient (Wildman–Crippen LogP) is 4.44. The SMILES string of the molecule is CCCC(=O)Nc1cccc(NCC(=O)Nc2ccccc2Cl)c1C. The summed E-state index contributed by atoms with van der Waals surface area (Å²) in [5.41, 5.74) is 3.00. The molecule has 0 unspecified atom stereocenters. The summed E-state index contributed by atoms with van der Waals surface area (Å²) in [5, 5.41) is 9.23. The fraction of sp³-hybridized carbons (Fsp3) is 0.263. The Morgan fingerprint density at radius 2 is 1.56 bits per heavy atom. The Bertz CT molecular complexity index is 762. The van der Waals surface area contributed by atoms with Crippen LogP contribution < -0.4 is 16.0 Å². The summed E-state index contributed by atoms with van der Waals surface area (Å²) in [6, 6.07) is 12.6. The van der Waals surface area contributed by atoms with E-state index < -0.39 is 0 Å². The first-order valence-corrected chi connectivity index (χ1v) is 8.56. The second kappa shape index (κ2) is 9.08. The van der Waals surface area contributed by atoms with Gasteiger partial charge in [0.15, 0.2) is 0 Å². The lowest BCUT2D eigenvalue weighted by molar-refractivity contribution is -0.116. The van der Waals surface area contributed by atoms with E-state index in [2.05, 4.69) is 16.0 Å². The number of anilines is 3. The van der Waals surface area contributed by atoms with E-state index in [0.29, 0.717) is 17.1 Å². The molecule has 0 radical (unpaired) electrons. The molecular weight excluding hydrogens is 338 g/mol. The van der Waals surface area contributed by atoms with Crippen molar-refractivity contribution in [2.45, 2.75) is 26.7 Å². The predicted molar refractivity (Wildman–Crippen MR) is 103 cm³/mol. The molecule has 2 rings (SSSR count). The van der Waals surface area contributed by atoms with E-state index in [0.717, 1.165) is 23.4 Å². The van der Waals surface area contributed by atoms with E-state index in [1.54, 1.807) is 18.2 Å². The van der Waals surface area contributed by atoms with E-state index in [-0.39, 0.29) is 18.4 Å². The molecule has 0 atom stereocenters. The molecule has 0 saturated carbocycles. The van der Waals surface area contributed by atoms with Gasteiger partial charge in [-0.25, -0.2) is 0 Å². The van der Waals surface area contributed by atoms with Crippen molar-refractivity contribution in [3.05, 3.63) is 53.1 Å². The first-order valence-electron chi connectivity index (χ1n) is 8.19. The van der Waals surface area contributed by atoms with Crippen molar-refractivity contribution in [1.82, 2.24) is 0 Å². The molecule has 0 saturated heterocycles. The van der Waals surface area contributed by atoms with Crippen molar-refractivity contribution in [2.24, 2.45) is 0 Å². The van der Waals surface area contributed by atoms with Crippen molar-refractivity contribution >= 4 is 40.5 Å². The standard InChI is InChI=1S/C19H22ClN3O2/c1-3-7-18(24)22-16-11-6-10-15(13(16)2)21-12-19(25)23-17-9-5-4-8-14(17)20/h4-6,8-11,21H,3,7,12H2,1-2H3,(H,22,24)(H,23,25). The molecule has 5 nitrogen and oxygen atoms in total. The number of hydrogen-bond donors (Lipinski definition) is 3. The van der Waals surface area contributed by atoms with Crippen molar-refractivity contribution in [2.75, 3.05) is 22.5 Å². The van der Waals surface area contributed by atoms with Gasteiger partial charge in [0, 0.05) is 17.8 Å². The van der Waals surface area contributed by atoms with Crippen LogP contribution in [0, 0.1) is 6.92 Å². The molecule has 25 heavy (non-hydrogen) atoms. The van der Waals surface area contributed by atoms with Gasteiger partial charge in [0.05, 0.1) is 17.3 Å². The van der Waals surface area contributed by atoms with Gasteiger partial charge < -0.3 is 16.0 Å². The zero-order chi connectivity index (χ0) is 18.2. The zero-order valence-electron chi connectivity index (χ0n) is 14.4. The summed E-state index contributed by atoms with van der Waals surface area (Å²) in [6.45, 7) is 3.95. The highest BCUT2D eigenvalue weighted by Gasteiger charge is 2.09. The average Bonchev–Trinajstić information content (AvgIpc) is 2.58. The molecule has 2 aromatic rings. The van der Waals surface area contributed by atoms with Crippen LogP contribution in [0.5, 0.6) is 0 Å². The Morgan fingerprint density at radius 3 is 2.28 bits per heavy atom. The van der Waals surface area contributed by atoms with Crippen LogP contribution in [0.4, 0.5) is 17.1 Å². The lowest BCUT2D eigenvalue weighted by Gasteiger charge is -2.14. The molecule has 2 amide bonds. The summed E-state index contributed by atoms with van der Waals surface area (Å²) < 4.78 is 0. The number of carbonyl (C=O) groups is 2. The van der Waals surface area contributed by atoms with E-state index >= 15 is 0 Å². The number of para-hydroxylation sites is 1. The number of rotatable bonds is 7. The minimum Gasteiger partial charge on any atom is -0.376 e. The molecule has 0 aliphatic rings. The first-order chi connectivity index (χ1) is 12.0. The third kappa shape index (κ3) is 5.50. The topological polar surface area (TPSA) is 70.2 Å². The number of carbonyl (C=O) groups excluding carboxylic acids is 2. The van der Waals surface area contributed by atoms with Gasteiger partial charge >= 0.3 is 0 Å². The van der Waals surface area contributed by atoms with Crippen LogP contribution in [-0.4, -0.2) is 18.4 Å². The largest absolute Gasteiger partial charge is 0.376 e. The number of hydrogen-bond acceptors (Lipinski definition) is 3. The van der Waals surface area contributed by atoms with Gasteiger partial charge in [-0.15, -0.1) is 0 Å². The number of halogens is 1. The molecule has 6 heteroatoms. The quantitative estimate of drug-likeness (QED) is 0.684. The average molecular weight is 360 g/mol. The number of nitrogens with one attached hydrogen (secondary N) is 3. The van der Waals surface area contributed by atoms with Gasteiger partial charge in [-0.05, 0) is 43.2 Å². The van der Waals surface area contributed by atoms with Crippen molar-refractivity contribution in [3.63, 3.8) is 0 Å². The second-order valence-electron chi connectivity index (χ2n) is 5.66. The second-order valence-corrected chi connectivity index (χ2v) is 6.07. The van der Waals surface area contributed by atoms with Gasteiger partial charge in [-0.1, -0.05) is 36.7 Å². The lowest BCUT2D eigenvalue weighted by atomic mass is 10.1. The molecule has 132 valence electrons. The third-order valence-electron chi connectivity index (χ3n) is 3.67. The van der Waals surface area contributed by atoms with Crippen LogP contribution in [0.3, 0.4) is 0 Å². The normalized spacial score (nSPS) is 10.2. The minimum absolute atomic E-state index is 0.0146. The Labute approximate surface area is 152 Å². The highest BCUT2D eigenvalue weighted by Crippen LogP contribution is 2.24. The maximum absolute atomic E-state index is 12.1. The summed E-state index contributed by atoms with van der Waals surface area (Å²) in [5.74, 6) is -0.216. The molecule has 0 spiro atoms. The first kappa shape index (κ1) is 18.8. The van der Waals surface area contributed by atoms with Gasteiger partial charge in [-0.3, -0.25) is 9.59 Å². The fourth-order valence-corrected chi connectivity index (χ4v) is 2.52. The van der Waals surface area contributed by atoms with E-state index in [1.165, 1.54) is 0 Å². The van der Waals surface area contributed by atoms with E-state index in [4.69, 9.17) is 11.6 Å². The monoisotopic (exact) mass is 359 g/mol. The third-order valence-corrected chi connectivity index (χ3v) is 4.00. The van der Waals surface area contributed by atoms with E-state index in [1.807, 2.05) is 38.1 Å². The molecule has 0 heterocycles. The van der Waals surface area contributed by atoms with Gasteiger partial charge in [-0.2, -0.15) is 0 Å². The van der Waals surface area contributed by atoms with Crippen LogP contribution in [0.15, 0.2) is 42.5 Å².